The predicted octanol–water partition coefficient (Wildman–Crippen LogP) is 4.30. The summed E-state index contributed by atoms with van der Waals surface area (Å²) < 4.78 is 54.4. The topological polar surface area (TPSA) is 63.6 Å². The van der Waals surface area contributed by atoms with Crippen molar-refractivity contribution in [1.82, 2.24) is 19.5 Å². The molecule has 0 amide bonds. The van der Waals surface area contributed by atoms with Gasteiger partial charge in [0.1, 0.15) is 5.82 Å². The molecule has 0 unspecified atom stereocenters. The summed E-state index contributed by atoms with van der Waals surface area (Å²) >= 11 is 0. The largest absolute Gasteiger partial charge is 0.416 e. The van der Waals surface area contributed by atoms with E-state index in [-0.39, 0.29) is 17.9 Å². The highest BCUT2D eigenvalue weighted by Crippen LogP contribution is 2.32. The fraction of sp³-hybridized carbons (Fsp3) is 0.150. The maximum Gasteiger partial charge on any atom is 0.416 e. The van der Waals surface area contributed by atoms with E-state index in [9.17, 15) is 22.4 Å². The highest BCUT2D eigenvalue weighted by atomic mass is 19.4. The number of H-pyrrole nitrogens is 1. The summed E-state index contributed by atoms with van der Waals surface area (Å²) in [5.74, 6) is -0.548. The molecular weight excluding hydrogens is 388 g/mol. The molecule has 0 aliphatic rings. The zero-order valence-corrected chi connectivity index (χ0v) is 15.1. The first kappa shape index (κ1) is 18.9. The standard InChI is InChI=1S/C20H14F4N4O/c1-11-5-15(21)16(25-8-11)10-28-17-7-13(9-26-18(17)27-19(28)29)12-3-2-4-14(6-12)20(22,23)24/h2-9H,10H2,1H3,(H,26,27,29). The monoisotopic (exact) mass is 402 g/mol. The van der Waals surface area contributed by atoms with Crippen LogP contribution in [0.25, 0.3) is 22.3 Å². The second-order valence-electron chi connectivity index (χ2n) is 6.63. The van der Waals surface area contributed by atoms with Crippen molar-refractivity contribution < 1.29 is 17.6 Å². The van der Waals surface area contributed by atoms with Gasteiger partial charge in [-0.15, -0.1) is 0 Å². The lowest BCUT2D eigenvalue weighted by molar-refractivity contribution is -0.137. The molecular formula is C20H14F4N4O. The minimum absolute atomic E-state index is 0.0723. The van der Waals surface area contributed by atoms with Crippen molar-refractivity contribution >= 4 is 11.2 Å². The molecule has 4 aromatic rings. The number of rotatable bonds is 3. The van der Waals surface area contributed by atoms with E-state index >= 15 is 0 Å². The van der Waals surface area contributed by atoms with Crippen LogP contribution in [0.3, 0.4) is 0 Å². The summed E-state index contributed by atoms with van der Waals surface area (Å²) in [4.78, 5) is 23.0. The molecule has 0 saturated carbocycles. The van der Waals surface area contributed by atoms with Gasteiger partial charge in [0.05, 0.1) is 23.3 Å². The van der Waals surface area contributed by atoms with Gasteiger partial charge in [0.2, 0.25) is 0 Å². The molecule has 3 heterocycles. The fourth-order valence-corrected chi connectivity index (χ4v) is 3.05. The van der Waals surface area contributed by atoms with Gasteiger partial charge in [0.15, 0.2) is 5.65 Å². The minimum Gasteiger partial charge on any atom is -0.290 e. The Bertz CT molecular complexity index is 1270. The lowest BCUT2D eigenvalue weighted by Gasteiger charge is -2.09. The van der Waals surface area contributed by atoms with Crippen molar-refractivity contribution in [3.63, 3.8) is 0 Å². The van der Waals surface area contributed by atoms with Crippen molar-refractivity contribution in [2.45, 2.75) is 19.6 Å². The number of aromatic nitrogens is 4. The van der Waals surface area contributed by atoms with Crippen molar-refractivity contribution in [2.75, 3.05) is 0 Å². The molecule has 9 heteroatoms. The van der Waals surface area contributed by atoms with Crippen LogP contribution in [0.5, 0.6) is 0 Å². The van der Waals surface area contributed by atoms with Crippen LogP contribution in [-0.4, -0.2) is 19.5 Å². The third kappa shape index (κ3) is 3.63. The fourth-order valence-electron chi connectivity index (χ4n) is 3.05. The Morgan fingerprint density at radius 2 is 1.86 bits per heavy atom. The van der Waals surface area contributed by atoms with Crippen molar-refractivity contribution in [3.05, 3.63) is 81.9 Å². The van der Waals surface area contributed by atoms with Gasteiger partial charge in [-0.25, -0.2) is 14.2 Å². The van der Waals surface area contributed by atoms with Gasteiger partial charge in [-0.2, -0.15) is 13.2 Å². The molecule has 1 N–H and O–H groups in total. The van der Waals surface area contributed by atoms with Crippen LogP contribution in [-0.2, 0) is 12.7 Å². The number of nitrogens with zero attached hydrogens (tertiary/aromatic N) is 3. The first-order valence-corrected chi connectivity index (χ1v) is 8.59. The van der Waals surface area contributed by atoms with Crippen LogP contribution in [0.1, 0.15) is 16.8 Å². The molecule has 1 aromatic carbocycles. The van der Waals surface area contributed by atoms with Crippen LogP contribution in [0.4, 0.5) is 17.6 Å². The van der Waals surface area contributed by atoms with Gasteiger partial charge in [0.25, 0.3) is 0 Å². The zero-order chi connectivity index (χ0) is 20.8. The Hall–Kier alpha value is -3.49. The highest BCUT2D eigenvalue weighted by molar-refractivity contribution is 5.78. The Morgan fingerprint density at radius 3 is 2.59 bits per heavy atom. The molecule has 4 rings (SSSR count). The smallest absolute Gasteiger partial charge is 0.290 e. The lowest BCUT2D eigenvalue weighted by atomic mass is 10.0. The van der Waals surface area contributed by atoms with Gasteiger partial charge in [-0.1, -0.05) is 12.1 Å². The normalized spacial score (nSPS) is 11.9. The molecule has 5 nitrogen and oxygen atoms in total. The number of aromatic amines is 1. The molecule has 0 saturated heterocycles. The molecule has 0 bridgehead atoms. The van der Waals surface area contributed by atoms with Gasteiger partial charge >= 0.3 is 11.9 Å². The minimum atomic E-state index is -4.47. The molecule has 29 heavy (non-hydrogen) atoms. The molecule has 148 valence electrons. The number of fused-ring (bicyclic) bond motifs is 1. The summed E-state index contributed by atoms with van der Waals surface area (Å²) in [6, 6.07) is 7.68. The predicted molar refractivity (Wildman–Crippen MR) is 98.8 cm³/mol. The molecule has 0 atom stereocenters. The summed E-state index contributed by atoms with van der Waals surface area (Å²) in [6.07, 6.45) is -1.61. The number of nitrogens with one attached hydrogen (secondary N) is 1. The van der Waals surface area contributed by atoms with E-state index in [0.717, 1.165) is 12.1 Å². The van der Waals surface area contributed by atoms with Crippen LogP contribution in [0.15, 0.2) is 53.6 Å². The number of hydrogen-bond acceptors (Lipinski definition) is 3. The van der Waals surface area contributed by atoms with E-state index < -0.39 is 23.2 Å². The maximum atomic E-state index is 14.2. The number of benzene rings is 1. The molecule has 3 aromatic heterocycles. The summed E-state index contributed by atoms with van der Waals surface area (Å²) in [6.45, 7) is 1.56. The number of halogens is 4. The molecule has 0 aliphatic heterocycles. The first-order chi connectivity index (χ1) is 13.7. The summed E-state index contributed by atoms with van der Waals surface area (Å²) in [5, 5.41) is 0. The zero-order valence-electron chi connectivity index (χ0n) is 15.1. The average Bonchev–Trinajstić information content (AvgIpc) is 2.98. The Labute approximate surface area is 161 Å². The Morgan fingerprint density at radius 1 is 1.07 bits per heavy atom. The molecule has 0 spiro atoms. The number of imidazole rings is 1. The molecule has 0 fully saturated rings. The van der Waals surface area contributed by atoms with Crippen LogP contribution >= 0.6 is 0 Å². The number of hydrogen-bond donors (Lipinski definition) is 1. The second-order valence-corrected chi connectivity index (χ2v) is 6.63. The van der Waals surface area contributed by atoms with E-state index in [0.29, 0.717) is 22.2 Å². The number of pyridine rings is 2. The number of alkyl halides is 3. The lowest BCUT2D eigenvalue weighted by Crippen LogP contribution is -2.18. The van der Waals surface area contributed by atoms with Gasteiger partial charge in [-0.05, 0) is 42.3 Å². The van der Waals surface area contributed by atoms with E-state index in [1.807, 2.05) is 0 Å². The summed E-state index contributed by atoms with van der Waals surface area (Å²) in [7, 11) is 0. The number of aryl methyl sites for hydroxylation is 1. The van der Waals surface area contributed by atoms with Crippen LogP contribution in [0, 0.1) is 12.7 Å². The van der Waals surface area contributed by atoms with Crippen LogP contribution in [0.2, 0.25) is 0 Å². The molecule has 0 radical (unpaired) electrons. The average molecular weight is 402 g/mol. The third-order valence-electron chi connectivity index (χ3n) is 4.51. The summed E-state index contributed by atoms with van der Waals surface area (Å²) in [5.41, 5.74) is 0.699. The van der Waals surface area contributed by atoms with E-state index in [1.54, 1.807) is 13.0 Å². The highest BCUT2D eigenvalue weighted by Gasteiger charge is 2.30. The van der Waals surface area contributed by atoms with E-state index in [1.165, 1.54) is 35.2 Å². The Kier molecular flexibility index (Phi) is 4.45. The van der Waals surface area contributed by atoms with E-state index in [2.05, 4.69) is 15.0 Å². The quantitative estimate of drug-likeness (QED) is 0.520. The molecule has 0 aliphatic carbocycles. The van der Waals surface area contributed by atoms with Crippen molar-refractivity contribution in [2.24, 2.45) is 0 Å². The van der Waals surface area contributed by atoms with Crippen molar-refractivity contribution in [1.29, 1.82) is 0 Å². The maximum absolute atomic E-state index is 14.2. The first-order valence-electron chi connectivity index (χ1n) is 8.59. The van der Waals surface area contributed by atoms with E-state index in [4.69, 9.17) is 0 Å². The van der Waals surface area contributed by atoms with Gasteiger partial charge < -0.3 is 0 Å². The third-order valence-corrected chi connectivity index (χ3v) is 4.51. The van der Waals surface area contributed by atoms with Gasteiger partial charge in [-0.3, -0.25) is 14.5 Å². The van der Waals surface area contributed by atoms with Crippen molar-refractivity contribution in [3.8, 4) is 11.1 Å². The Balaban J connectivity index is 1.80. The van der Waals surface area contributed by atoms with Gasteiger partial charge in [0, 0.05) is 18.0 Å². The van der Waals surface area contributed by atoms with Crippen LogP contribution < -0.4 is 5.69 Å². The second kappa shape index (κ2) is 6.84. The SMILES string of the molecule is Cc1cnc(Cn2c(=O)[nH]c3ncc(-c4cccc(C(F)(F)F)c4)cc32)c(F)c1.